The maximum absolute atomic E-state index is 10.9. The van der Waals surface area contributed by atoms with Crippen LogP contribution in [0, 0.1) is 0 Å². The van der Waals surface area contributed by atoms with Gasteiger partial charge in [-0.1, -0.05) is 42.3 Å². The molecule has 4 heteroatoms. The lowest BCUT2D eigenvalue weighted by atomic mass is 9.97. The van der Waals surface area contributed by atoms with Crippen LogP contribution >= 0.6 is 23.2 Å². The van der Waals surface area contributed by atoms with E-state index in [0.717, 1.165) is 0 Å². The lowest BCUT2D eigenvalue weighted by molar-refractivity contribution is -0.138. The highest BCUT2D eigenvalue weighted by atomic mass is 35.5. The van der Waals surface area contributed by atoms with Crippen molar-refractivity contribution < 1.29 is 9.90 Å². The van der Waals surface area contributed by atoms with Crippen molar-refractivity contribution in [1.82, 2.24) is 0 Å². The number of rotatable bonds is 3. The fourth-order valence-corrected chi connectivity index (χ4v) is 1.76. The van der Waals surface area contributed by atoms with Gasteiger partial charge in [-0.2, -0.15) is 0 Å². The molecule has 0 saturated heterocycles. The zero-order valence-corrected chi connectivity index (χ0v) is 9.14. The Labute approximate surface area is 92.5 Å². The molecule has 1 rings (SSSR count). The molecule has 1 aromatic rings. The van der Waals surface area contributed by atoms with Gasteiger partial charge in [0.1, 0.15) is 0 Å². The van der Waals surface area contributed by atoms with E-state index in [-0.39, 0.29) is 0 Å². The van der Waals surface area contributed by atoms with Gasteiger partial charge in [-0.25, -0.2) is 0 Å². The molecule has 0 amide bonds. The highest BCUT2D eigenvalue weighted by molar-refractivity contribution is 6.42. The summed E-state index contributed by atoms with van der Waals surface area (Å²) in [5.41, 5.74) is 0.578. The van der Waals surface area contributed by atoms with E-state index in [1.165, 1.54) is 0 Å². The fraction of sp³-hybridized carbons (Fsp3) is 0.300. The summed E-state index contributed by atoms with van der Waals surface area (Å²) in [4.78, 5) is 10.9. The molecular weight excluding hydrogens is 223 g/mol. The summed E-state index contributed by atoms with van der Waals surface area (Å²) in [5.74, 6) is -1.46. The first-order chi connectivity index (χ1) is 6.57. The second-order valence-corrected chi connectivity index (χ2v) is 3.73. The van der Waals surface area contributed by atoms with Crippen LogP contribution in [0.2, 0.25) is 10.0 Å². The van der Waals surface area contributed by atoms with Gasteiger partial charge in [0.15, 0.2) is 0 Å². The van der Waals surface area contributed by atoms with E-state index in [9.17, 15) is 4.79 Å². The van der Waals surface area contributed by atoms with Crippen LogP contribution < -0.4 is 0 Å². The molecule has 1 atom stereocenters. The number of halogens is 2. The van der Waals surface area contributed by atoms with Crippen LogP contribution in [-0.2, 0) is 4.79 Å². The molecule has 76 valence electrons. The third-order valence-corrected chi connectivity index (χ3v) is 2.90. The summed E-state index contributed by atoms with van der Waals surface area (Å²) in [7, 11) is 0. The van der Waals surface area contributed by atoms with E-state index < -0.39 is 11.9 Å². The van der Waals surface area contributed by atoms with Crippen molar-refractivity contribution >= 4 is 29.2 Å². The lowest BCUT2D eigenvalue weighted by Gasteiger charge is -2.12. The molecule has 1 aromatic carbocycles. The number of hydrogen-bond donors (Lipinski definition) is 1. The van der Waals surface area contributed by atoms with Crippen LogP contribution in [0.25, 0.3) is 0 Å². The van der Waals surface area contributed by atoms with Gasteiger partial charge in [0.25, 0.3) is 0 Å². The van der Waals surface area contributed by atoms with Crippen LogP contribution in [0.5, 0.6) is 0 Å². The predicted molar refractivity (Wildman–Crippen MR) is 57.1 cm³/mol. The number of carboxylic acids is 1. The summed E-state index contributed by atoms with van der Waals surface area (Å²) in [6.07, 6.45) is 0.495. The molecule has 0 aliphatic rings. The highest BCUT2D eigenvalue weighted by Crippen LogP contribution is 2.32. The quantitative estimate of drug-likeness (QED) is 0.866. The Balaban J connectivity index is 3.16. The zero-order chi connectivity index (χ0) is 10.7. The Morgan fingerprint density at radius 3 is 2.64 bits per heavy atom. The Kier molecular flexibility index (Phi) is 3.78. The minimum Gasteiger partial charge on any atom is -0.481 e. The average Bonchev–Trinajstić information content (AvgIpc) is 2.13. The number of hydrogen-bond acceptors (Lipinski definition) is 1. The Morgan fingerprint density at radius 2 is 2.14 bits per heavy atom. The van der Waals surface area contributed by atoms with Crippen molar-refractivity contribution in [3.63, 3.8) is 0 Å². The first-order valence-corrected chi connectivity index (χ1v) is 5.00. The van der Waals surface area contributed by atoms with Crippen LogP contribution in [-0.4, -0.2) is 11.1 Å². The number of aliphatic carboxylic acids is 1. The summed E-state index contributed by atoms with van der Waals surface area (Å²) < 4.78 is 0. The summed E-state index contributed by atoms with van der Waals surface area (Å²) in [6.45, 7) is 1.80. The van der Waals surface area contributed by atoms with Gasteiger partial charge in [-0.3, -0.25) is 4.79 Å². The second-order valence-electron chi connectivity index (χ2n) is 2.94. The van der Waals surface area contributed by atoms with Gasteiger partial charge < -0.3 is 5.11 Å². The number of benzene rings is 1. The number of carbonyl (C=O) groups is 1. The van der Waals surface area contributed by atoms with Gasteiger partial charge in [-0.15, -0.1) is 0 Å². The normalized spacial score (nSPS) is 12.5. The first kappa shape index (κ1) is 11.3. The van der Waals surface area contributed by atoms with E-state index in [1.54, 1.807) is 25.1 Å². The van der Waals surface area contributed by atoms with E-state index >= 15 is 0 Å². The second kappa shape index (κ2) is 4.67. The molecule has 0 saturated carbocycles. The molecule has 0 aliphatic heterocycles. The number of carboxylic acid groups (broad SMARTS) is 1. The maximum Gasteiger partial charge on any atom is 0.311 e. The van der Waals surface area contributed by atoms with E-state index in [1.807, 2.05) is 0 Å². The van der Waals surface area contributed by atoms with Gasteiger partial charge in [0.2, 0.25) is 0 Å². The Morgan fingerprint density at radius 1 is 1.50 bits per heavy atom. The highest BCUT2D eigenvalue weighted by Gasteiger charge is 2.20. The van der Waals surface area contributed by atoms with Crippen LogP contribution in [0.15, 0.2) is 18.2 Å². The molecule has 1 N–H and O–H groups in total. The van der Waals surface area contributed by atoms with Crippen molar-refractivity contribution in [2.75, 3.05) is 0 Å². The predicted octanol–water partition coefficient (Wildman–Crippen LogP) is 3.57. The van der Waals surface area contributed by atoms with Gasteiger partial charge in [0, 0.05) is 0 Å². The van der Waals surface area contributed by atoms with Crippen LogP contribution in [0.3, 0.4) is 0 Å². The standard InChI is InChI=1S/C10H10Cl2O2/c1-2-6(10(13)14)7-4-3-5-8(11)9(7)12/h3-6H,2H2,1H3,(H,13,14). The van der Waals surface area contributed by atoms with E-state index in [4.69, 9.17) is 28.3 Å². The third-order valence-electron chi connectivity index (χ3n) is 2.06. The first-order valence-electron chi connectivity index (χ1n) is 4.24. The molecule has 0 spiro atoms. The van der Waals surface area contributed by atoms with Crippen LogP contribution in [0.4, 0.5) is 0 Å². The molecule has 0 bridgehead atoms. The Bertz CT molecular complexity index is 350. The molecule has 0 radical (unpaired) electrons. The monoisotopic (exact) mass is 232 g/mol. The lowest BCUT2D eigenvalue weighted by Crippen LogP contribution is -2.10. The molecular formula is C10H10Cl2O2. The fourth-order valence-electron chi connectivity index (χ4n) is 1.32. The van der Waals surface area contributed by atoms with Gasteiger partial charge in [-0.05, 0) is 18.1 Å². The van der Waals surface area contributed by atoms with Crippen molar-refractivity contribution in [3.05, 3.63) is 33.8 Å². The third kappa shape index (κ3) is 2.20. The minimum absolute atomic E-state index is 0.336. The Hall–Kier alpha value is -0.730. The molecule has 14 heavy (non-hydrogen) atoms. The summed E-state index contributed by atoms with van der Waals surface area (Å²) in [6, 6.07) is 5.04. The van der Waals surface area contributed by atoms with Crippen LogP contribution in [0.1, 0.15) is 24.8 Å². The summed E-state index contributed by atoms with van der Waals surface area (Å²) in [5, 5.41) is 9.67. The van der Waals surface area contributed by atoms with Crippen molar-refractivity contribution in [3.8, 4) is 0 Å². The molecule has 0 aromatic heterocycles. The minimum atomic E-state index is -0.878. The molecule has 2 nitrogen and oxygen atoms in total. The molecule has 0 heterocycles. The van der Waals surface area contributed by atoms with Gasteiger partial charge in [0.05, 0.1) is 16.0 Å². The largest absolute Gasteiger partial charge is 0.481 e. The maximum atomic E-state index is 10.9. The zero-order valence-electron chi connectivity index (χ0n) is 7.63. The van der Waals surface area contributed by atoms with E-state index in [0.29, 0.717) is 22.0 Å². The SMILES string of the molecule is CCC(C(=O)O)c1cccc(Cl)c1Cl. The molecule has 0 aliphatic carbocycles. The average molecular weight is 233 g/mol. The topological polar surface area (TPSA) is 37.3 Å². The molecule has 1 unspecified atom stereocenters. The van der Waals surface area contributed by atoms with Crippen molar-refractivity contribution in [2.45, 2.75) is 19.3 Å². The van der Waals surface area contributed by atoms with Crippen molar-refractivity contribution in [1.29, 1.82) is 0 Å². The van der Waals surface area contributed by atoms with Crippen molar-refractivity contribution in [2.24, 2.45) is 0 Å². The smallest absolute Gasteiger partial charge is 0.311 e. The van der Waals surface area contributed by atoms with Gasteiger partial charge >= 0.3 is 5.97 Å². The summed E-state index contributed by atoms with van der Waals surface area (Å²) >= 11 is 11.7. The molecule has 0 fully saturated rings. The van der Waals surface area contributed by atoms with E-state index in [2.05, 4.69) is 0 Å².